The lowest BCUT2D eigenvalue weighted by Crippen LogP contribution is -2.39. The van der Waals surface area contributed by atoms with Crippen molar-refractivity contribution < 1.29 is 14.3 Å². The maximum absolute atomic E-state index is 12.5. The molecule has 1 aromatic carbocycles. The van der Waals surface area contributed by atoms with Crippen LogP contribution in [0.15, 0.2) is 22.7 Å². The van der Waals surface area contributed by atoms with Gasteiger partial charge in [0, 0.05) is 22.3 Å². The maximum Gasteiger partial charge on any atom is 0.410 e. The van der Waals surface area contributed by atoms with Crippen LogP contribution in [0.5, 0.6) is 0 Å². The summed E-state index contributed by atoms with van der Waals surface area (Å²) < 4.78 is 6.20. The highest BCUT2D eigenvalue weighted by Gasteiger charge is 2.28. The monoisotopic (exact) mass is 471 g/mol. The van der Waals surface area contributed by atoms with Gasteiger partial charge in [-0.25, -0.2) is 9.78 Å². The van der Waals surface area contributed by atoms with Gasteiger partial charge in [0.25, 0.3) is 5.91 Å². The summed E-state index contributed by atoms with van der Waals surface area (Å²) in [4.78, 5) is 31.8. The Kier molecular flexibility index (Phi) is 5.79. The third-order valence-corrected chi connectivity index (χ3v) is 5.60. The van der Waals surface area contributed by atoms with Crippen LogP contribution in [-0.4, -0.2) is 34.0 Å². The first kappa shape index (κ1) is 20.1. The Labute approximate surface area is 175 Å². The fourth-order valence-corrected chi connectivity index (χ4v) is 4.15. The highest BCUT2D eigenvalue weighted by atomic mass is 79.9. The molecule has 1 aliphatic heterocycles. The third-order valence-electron chi connectivity index (χ3n) is 3.78. The number of benzene rings is 1. The lowest BCUT2D eigenvalue weighted by molar-refractivity contribution is 0.0225. The summed E-state index contributed by atoms with van der Waals surface area (Å²) in [6.45, 7) is 6.49. The van der Waals surface area contributed by atoms with Gasteiger partial charge in [-0.15, -0.1) is 0 Å². The average Bonchev–Trinajstić information content (AvgIpc) is 2.96. The number of carbonyl (C=O) groups is 2. The van der Waals surface area contributed by atoms with Crippen LogP contribution in [-0.2, 0) is 17.7 Å². The summed E-state index contributed by atoms with van der Waals surface area (Å²) in [5.41, 5.74) is 0.734. The zero-order valence-corrected chi connectivity index (χ0v) is 18.3. The molecular weight excluding hydrogens is 454 g/mol. The van der Waals surface area contributed by atoms with E-state index < -0.39 is 5.60 Å². The number of carbonyl (C=O) groups excluding carboxylic acids is 2. The SMILES string of the molecule is CC(C)(C)OC(=O)N1CCc2nc(NC(=O)c3cc(Br)ccc3Cl)sc2C1. The highest BCUT2D eigenvalue weighted by molar-refractivity contribution is 9.10. The van der Waals surface area contributed by atoms with E-state index in [0.29, 0.717) is 35.2 Å². The molecule has 6 nitrogen and oxygen atoms in total. The van der Waals surface area contributed by atoms with Crippen molar-refractivity contribution in [3.05, 3.63) is 43.8 Å². The van der Waals surface area contributed by atoms with Crippen LogP contribution in [0.4, 0.5) is 9.93 Å². The summed E-state index contributed by atoms with van der Waals surface area (Å²) in [6, 6.07) is 5.09. The normalized spacial score (nSPS) is 13.9. The average molecular weight is 473 g/mol. The predicted molar refractivity (Wildman–Crippen MR) is 110 cm³/mol. The Morgan fingerprint density at radius 1 is 1.37 bits per heavy atom. The van der Waals surface area contributed by atoms with Crippen molar-refractivity contribution >= 4 is 56.0 Å². The lowest BCUT2D eigenvalue weighted by Gasteiger charge is -2.29. The summed E-state index contributed by atoms with van der Waals surface area (Å²) >= 11 is 10.8. The molecular formula is C18H19BrClN3O3S. The number of ether oxygens (including phenoxy) is 1. The minimum Gasteiger partial charge on any atom is -0.444 e. The molecule has 9 heteroatoms. The van der Waals surface area contributed by atoms with Crippen LogP contribution in [0.25, 0.3) is 0 Å². The predicted octanol–water partition coefficient (Wildman–Crippen LogP) is 5.10. The number of hydrogen-bond donors (Lipinski definition) is 1. The minimum absolute atomic E-state index is 0.323. The molecule has 0 unspecified atom stereocenters. The zero-order valence-electron chi connectivity index (χ0n) is 15.1. The summed E-state index contributed by atoms with van der Waals surface area (Å²) in [6.07, 6.45) is 0.284. The van der Waals surface area contributed by atoms with Gasteiger partial charge < -0.3 is 9.64 Å². The number of aromatic nitrogens is 1. The second kappa shape index (κ2) is 7.77. The number of nitrogens with zero attached hydrogens (tertiary/aromatic N) is 2. The van der Waals surface area contributed by atoms with Gasteiger partial charge in [0.05, 0.1) is 22.8 Å². The van der Waals surface area contributed by atoms with Gasteiger partial charge in [-0.1, -0.05) is 38.9 Å². The summed E-state index contributed by atoms with van der Waals surface area (Å²) in [5, 5.41) is 3.66. The van der Waals surface area contributed by atoms with Crippen LogP contribution in [0.3, 0.4) is 0 Å². The molecule has 0 radical (unpaired) electrons. The molecule has 2 heterocycles. The fraction of sp³-hybridized carbons (Fsp3) is 0.389. The van der Waals surface area contributed by atoms with Crippen LogP contribution >= 0.6 is 38.9 Å². The third kappa shape index (κ3) is 5.00. The molecule has 0 bridgehead atoms. The molecule has 1 aliphatic rings. The molecule has 0 saturated carbocycles. The topological polar surface area (TPSA) is 71.5 Å². The van der Waals surface area contributed by atoms with E-state index in [1.807, 2.05) is 20.8 Å². The molecule has 0 fully saturated rings. The molecule has 0 atom stereocenters. The van der Waals surface area contributed by atoms with E-state index in [2.05, 4.69) is 26.2 Å². The van der Waals surface area contributed by atoms with E-state index in [4.69, 9.17) is 16.3 Å². The van der Waals surface area contributed by atoms with E-state index in [1.165, 1.54) is 11.3 Å². The number of thiazole rings is 1. The standard InChI is InChI=1S/C18H19BrClN3O3S/c1-18(2,3)26-17(25)23-7-6-13-14(9-23)27-16(21-13)22-15(24)11-8-10(19)4-5-12(11)20/h4-5,8H,6-7,9H2,1-3H3,(H,21,22,24). The van der Waals surface area contributed by atoms with Crippen LogP contribution in [0.2, 0.25) is 5.02 Å². The number of anilines is 1. The summed E-state index contributed by atoms with van der Waals surface area (Å²) in [7, 11) is 0. The van der Waals surface area contributed by atoms with Gasteiger partial charge in [-0.05, 0) is 39.0 Å². The number of halogens is 2. The van der Waals surface area contributed by atoms with Crippen LogP contribution in [0, 0.1) is 0 Å². The quantitative estimate of drug-likeness (QED) is 0.660. The van der Waals surface area contributed by atoms with E-state index in [-0.39, 0.29) is 12.0 Å². The Morgan fingerprint density at radius 2 is 2.11 bits per heavy atom. The molecule has 0 spiro atoms. The first-order valence-corrected chi connectivity index (χ1v) is 10.3. The first-order chi connectivity index (χ1) is 12.6. The Hall–Kier alpha value is -1.64. The van der Waals surface area contributed by atoms with Gasteiger partial charge in [-0.3, -0.25) is 10.1 Å². The van der Waals surface area contributed by atoms with E-state index in [9.17, 15) is 9.59 Å². The van der Waals surface area contributed by atoms with Gasteiger partial charge in [0.15, 0.2) is 5.13 Å². The van der Waals surface area contributed by atoms with E-state index in [1.54, 1.807) is 23.1 Å². The molecule has 1 N–H and O–H groups in total. The number of fused-ring (bicyclic) bond motifs is 1. The van der Waals surface area contributed by atoms with Gasteiger partial charge in [-0.2, -0.15) is 0 Å². The second-order valence-corrected chi connectivity index (χ2v) is 9.53. The number of amides is 2. The van der Waals surface area contributed by atoms with Gasteiger partial charge in [0.1, 0.15) is 5.60 Å². The highest BCUT2D eigenvalue weighted by Crippen LogP contribution is 2.30. The number of rotatable bonds is 2. The van der Waals surface area contributed by atoms with Crippen molar-refractivity contribution in [1.29, 1.82) is 0 Å². The number of nitrogens with one attached hydrogen (secondary N) is 1. The van der Waals surface area contributed by atoms with E-state index in [0.717, 1.165) is 15.0 Å². The number of hydrogen-bond acceptors (Lipinski definition) is 5. The Bertz CT molecular complexity index is 894. The largest absolute Gasteiger partial charge is 0.444 e. The second-order valence-electron chi connectivity index (χ2n) is 7.12. The van der Waals surface area contributed by atoms with Crippen molar-refractivity contribution in [3.63, 3.8) is 0 Å². The molecule has 0 aliphatic carbocycles. The van der Waals surface area contributed by atoms with Crippen LogP contribution < -0.4 is 5.32 Å². The van der Waals surface area contributed by atoms with E-state index >= 15 is 0 Å². The zero-order chi connectivity index (χ0) is 19.8. The van der Waals surface area contributed by atoms with Crippen LogP contribution in [0.1, 0.15) is 41.7 Å². The van der Waals surface area contributed by atoms with Gasteiger partial charge in [0.2, 0.25) is 0 Å². The van der Waals surface area contributed by atoms with Crippen molar-refractivity contribution in [1.82, 2.24) is 9.88 Å². The maximum atomic E-state index is 12.5. The van der Waals surface area contributed by atoms with Crippen molar-refractivity contribution in [2.45, 2.75) is 39.3 Å². The molecule has 0 saturated heterocycles. The molecule has 1 aromatic heterocycles. The molecule has 2 amide bonds. The van der Waals surface area contributed by atoms with Crippen molar-refractivity contribution in [2.75, 3.05) is 11.9 Å². The Balaban J connectivity index is 1.70. The summed E-state index contributed by atoms with van der Waals surface area (Å²) in [5.74, 6) is -0.323. The molecule has 3 rings (SSSR count). The Morgan fingerprint density at radius 3 is 2.81 bits per heavy atom. The smallest absolute Gasteiger partial charge is 0.410 e. The van der Waals surface area contributed by atoms with Gasteiger partial charge >= 0.3 is 6.09 Å². The molecule has 144 valence electrons. The van der Waals surface area contributed by atoms with Crippen molar-refractivity contribution in [2.24, 2.45) is 0 Å². The molecule has 27 heavy (non-hydrogen) atoms. The fourth-order valence-electron chi connectivity index (χ4n) is 2.57. The lowest BCUT2D eigenvalue weighted by atomic mass is 10.2. The first-order valence-electron chi connectivity index (χ1n) is 8.35. The minimum atomic E-state index is -0.534. The molecule has 2 aromatic rings. The van der Waals surface area contributed by atoms with Crippen molar-refractivity contribution in [3.8, 4) is 0 Å².